The van der Waals surface area contributed by atoms with Crippen LogP contribution in [0.15, 0.2) is 0 Å². The minimum absolute atomic E-state index is 0.00580. The van der Waals surface area contributed by atoms with Crippen LogP contribution in [0.25, 0.3) is 0 Å². The van der Waals surface area contributed by atoms with Crippen LogP contribution in [0.4, 0.5) is 0 Å². The number of rotatable bonds is 4. The third-order valence-electron chi connectivity index (χ3n) is 3.91. The molecule has 1 fully saturated rings. The van der Waals surface area contributed by atoms with E-state index in [0.29, 0.717) is 18.2 Å². The number of halogens is 1. The van der Waals surface area contributed by atoms with E-state index < -0.39 is 6.10 Å². The van der Waals surface area contributed by atoms with Crippen molar-refractivity contribution in [1.82, 2.24) is 14.7 Å². The Kier molecular flexibility index (Phi) is 4.84. The molecule has 2 heterocycles. The second-order valence-corrected chi connectivity index (χ2v) is 5.59. The SMILES string of the molecule is CCc1nn(C)c(Cl)c1CN1CC[C@@H](CO)[C@H](O)C1. The van der Waals surface area contributed by atoms with Crippen LogP contribution >= 0.6 is 11.6 Å². The number of aliphatic hydroxyl groups excluding tert-OH is 2. The topological polar surface area (TPSA) is 61.5 Å². The van der Waals surface area contributed by atoms with Crippen molar-refractivity contribution in [3.8, 4) is 0 Å². The zero-order valence-electron chi connectivity index (χ0n) is 11.5. The third-order valence-corrected chi connectivity index (χ3v) is 4.38. The van der Waals surface area contributed by atoms with Crippen molar-refractivity contribution >= 4 is 11.6 Å². The molecule has 0 saturated carbocycles. The van der Waals surface area contributed by atoms with E-state index in [-0.39, 0.29) is 12.5 Å². The zero-order valence-corrected chi connectivity index (χ0v) is 12.3. The van der Waals surface area contributed by atoms with Gasteiger partial charge >= 0.3 is 0 Å². The van der Waals surface area contributed by atoms with Gasteiger partial charge in [-0.3, -0.25) is 9.58 Å². The van der Waals surface area contributed by atoms with Gasteiger partial charge in [0, 0.05) is 38.2 Å². The molecule has 108 valence electrons. The van der Waals surface area contributed by atoms with Gasteiger partial charge in [-0.05, 0) is 19.4 Å². The van der Waals surface area contributed by atoms with E-state index in [1.54, 1.807) is 4.68 Å². The fourth-order valence-electron chi connectivity index (χ4n) is 2.67. The molecular formula is C13H22ClN3O2. The quantitative estimate of drug-likeness (QED) is 0.860. The molecule has 1 aliphatic rings. The van der Waals surface area contributed by atoms with Gasteiger partial charge in [0.15, 0.2) is 0 Å². The van der Waals surface area contributed by atoms with Gasteiger partial charge in [0.2, 0.25) is 0 Å². The highest BCUT2D eigenvalue weighted by molar-refractivity contribution is 6.30. The normalized spacial score (nSPS) is 24.9. The molecule has 0 radical (unpaired) electrons. The minimum atomic E-state index is -0.459. The number of aryl methyl sites for hydroxylation is 2. The standard InChI is InChI=1S/C13H22ClN3O2/c1-3-11-10(13(14)16(2)15-11)6-17-5-4-9(8-18)12(19)7-17/h9,12,18-19H,3-8H2,1-2H3/t9-,12+/m0/s1. The minimum Gasteiger partial charge on any atom is -0.396 e. The van der Waals surface area contributed by atoms with Crippen molar-refractivity contribution in [1.29, 1.82) is 0 Å². The Labute approximate surface area is 118 Å². The Morgan fingerprint density at radius 2 is 2.21 bits per heavy atom. The summed E-state index contributed by atoms with van der Waals surface area (Å²) in [4.78, 5) is 2.18. The summed E-state index contributed by atoms with van der Waals surface area (Å²) < 4.78 is 1.70. The van der Waals surface area contributed by atoms with E-state index in [0.717, 1.165) is 30.6 Å². The van der Waals surface area contributed by atoms with E-state index in [9.17, 15) is 5.11 Å². The van der Waals surface area contributed by atoms with E-state index in [1.807, 2.05) is 7.05 Å². The molecule has 0 unspecified atom stereocenters. The first-order valence-corrected chi connectivity index (χ1v) is 7.16. The third kappa shape index (κ3) is 3.11. The monoisotopic (exact) mass is 287 g/mol. The summed E-state index contributed by atoms with van der Waals surface area (Å²) >= 11 is 6.28. The van der Waals surface area contributed by atoms with Gasteiger partial charge < -0.3 is 10.2 Å². The fraction of sp³-hybridized carbons (Fsp3) is 0.769. The van der Waals surface area contributed by atoms with Crippen LogP contribution in [0.5, 0.6) is 0 Å². The Balaban J connectivity index is 2.06. The van der Waals surface area contributed by atoms with Crippen molar-refractivity contribution in [3.05, 3.63) is 16.4 Å². The van der Waals surface area contributed by atoms with Crippen LogP contribution < -0.4 is 0 Å². The van der Waals surface area contributed by atoms with Crippen molar-refractivity contribution in [2.24, 2.45) is 13.0 Å². The van der Waals surface area contributed by atoms with Crippen molar-refractivity contribution in [2.75, 3.05) is 19.7 Å². The highest BCUT2D eigenvalue weighted by Crippen LogP contribution is 2.24. The first-order chi connectivity index (χ1) is 9.06. The lowest BCUT2D eigenvalue weighted by Crippen LogP contribution is -2.44. The maximum atomic E-state index is 9.96. The van der Waals surface area contributed by atoms with Crippen molar-refractivity contribution in [2.45, 2.75) is 32.4 Å². The predicted molar refractivity (Wildman–Crippen MR) is 74.1 cm³/mol. The number of hydrogen-bond acceptors (Lipinski definition) is 4. The molecule has 2 atom stereocenters. The van der Waals surface area contributed by atoms with Crippen LogP contribution in [0.1, 0.15) is 24.6 Å². The Bertz CT molecular complexity index is 436. The average molecular weight is 288 g/mol. The van der Waals surface area contributed by atoms with Gasteiger partial charge in [0.25, 0.3) is 0 Å². The second kappa shape index (κ2) is 6.22. The van der Waals surface area contributed by atoms with Gasteiger partial charge in [-0.1, -0.05) is 18.5 Å². The van der Waals surface area contributed by atoms with Crippen molar-refractivity contribution < 1.29 is 10.2 Å². The van der Waals surface area contributed by atoms with E-state index in [4.69, 9.17) is 16.7 Å². The number of nitrogens with zero attached hydrogens (tertiary/aromatic N) is 3. The fourth-order valence-corrected chi connectivity index (χ4v) is 2.87. The largest absolute Gasteiger partial charge is 0.396 e. The molecule has 0 amide bonds. The number of β-amino-alcohol motifs (C(OH)–C–C–N with tert-alkyl or cyclic N) is 1. The highest BCUT2D eigenvalue weighted by Gasteiger charge is 2.28. The Morgan fingerprint density at radius 3 is 2.79 bits per heavy atom. The summed E-state index contributed by atoms with van der Waals surface area (Å²) in [5.41, 5.74) is 2.08. The Hall–Kier alpha value is -0.620. The maximum Gasteiger partial charge on any atom is 0.131 e. The van der Waals surface area contributed by atoms with Crippen LogP contribution in [-0.2, 0) is 20.0 Å². The predicted octanol–water partition coefficient (Wildman–Crippen LogP) is 0.811. The summed E-state index contributed by atoms with van der Waals surface area (Å²) in [5, 5.41) is 24.2. The molecule has 5 nitrogen and oxygen atoms in total. The first kappa shape index (κ1) is 14.8. The molecule has 1 aromatic rings. The van der Waals surface area contributed by atoms with Crippen LogP contribution in [0.3, 0.4) is 0 Å². The molecule has 0 aromatic carbocycles. The summed E-state index contributed by atoms with van der Waals surface area (Å²) in [5.74, 6) is 0.00580. The molecule has 6 heteroatoms. The lowest BCUT2D eigenvalue weighted by atomic mass is 9.94. The van der Waals surface area contributed by atoms with E-state index in [1.165, 1.54) is 0 Å². The summed E-state index contributed by atoms with van der Waals surface area (Å²) in [7, 11) is 1.85. The van der Waals surface area contributed by atoms with E-state index >= 15 is 0 Å². The van der Waals surface area contributed by atoms with E-state index in [2.05, 4.69) is 16.9 Å². The number of aliphatic hydroxyl groups is 2. The molecule has 1 aliphatic heterocycles. The lowest BCUT2D eigenvalue weighted by Gasteiger charge is -2.35. The van der Waals surface area contributed by atoms with Crippen LogP contribution in [-0.4, -0.2) is 50.7 Å². The molecule has 19 heavy (non-hydrogen) atoms. The first-order valence-electron chi connectivity index (χ1n) is 6.78. The summed E-state index contributed by atoms with van der Waals surface area (Å²) in [6.45, 7) is 4.29. The molecule has 2 rings (SSSR count). The smallest absolute Gasteiger partial charge is 0.131 e. The molecule has 0 aliphatic carbocycles. The van der Waals surface area contributed by atoms with Gasteiger partial charge in [-0.25, -0.2) is 0 Å². The summed E-state index contributed by atoms with van der Waals surface area (Å²) in [6.07, 6.45) is 1.21. The molecule has 1 aromatic heterocycles. The van der Waals surface area contributed by atoms with Crippen LogP contribution in [0.2, 0.25) is 5.15 Å². The summed E-state index contributed by atoms with van der Waals surface area (Å²) in [6, 6.07) is 0. The molecular weight excluding hydrogens is 266 g/mol. The lowest BCUT2D eigenvalue weighted by molar-refractivity contribution is -0.00450. The average Bonchev–Trinajstić information content (AvgIpc) is 2.67. The molecule has 2 N–H and O–H groups in total. The van der Waals surface area contributed by atoms with Crippen LogP contribution in [0, 0.1) is 5.92 Å². The molecule has 0 spiro atoms. The molecule has 1 saturated heterocycles. The van der Waals surface area contributed by atoms with Crippen molar-refractivity contribution in [3.63, 3.8) is 0 Å². The maximum absolute atomic E-state index is 9.96. The zero-order chi connectivity index (χ0) is 14.0. The number of hydrogen-bond donors (Lipinski definition) is 2. The molecule has 0 bridgehead atoms. The second-order valence-electron chi connectivity index (χ2n) is 5.23. The van der Waals surface area contributed by atoms with Gasteiger partial charge in [-0.15, -0.1) is 0 Å². The number of likely N-dealkylation sites (tertiary alicyclic amines) is 1. The number of aromatic nitrogens is 2. The highest BCUT2D eigenvalue weighted by atomic mass is 35.5. The van der Waals surface area contributed by atoms with Gasteiger partial charge in [0.1, 0.15) is 5.15 Å². The van der Waals surface area contributed by atoms with Gasteiger partial charge in [-0.2, -0.15) is 5.10 Å². The number of piperidine rings is 1. The van der Waals surface area contributed by atoms with Gasteiger partial charge in [0.05, 0.1) is 11.8 Å². The Morgan fingerprint density at radius 1 is 1.47 bits per heavy atom.